The molecular formula is C20H29N3O. The lowest BCUT2D eigenvalue weighted by Crippen LogP contribution is -2.45. The number of aryl methyl sites for hydroxylation is 2. The highest BCUT2D eigenvalue weighted by Gasteiger charge is 2.31. The van der Waals surface area contributed by atoms with Gasteiger partial charge in [-0.05, 0) is 18.4 Å². The second-order valence-corrected chi connectivity index (χ2v) is 7.12. The smallest absolute Gasteiger partial charge is 0.106 e. The average Bonchev–Trinajstić information content (AvgIpc) is 2.95. The molecule has 1 N–H and O–H groups in total. The van der Waals surface area contributed by atoms with E-state index in [-0.39, 0.29) is 12.2 Å². The molecule has 0 saturated carbocycles. The molecule has 1 saturated heterocycles. The van der Waals surface area contributed by atoms with Crippen molar-refractivity contribution >= 4 is 0 Å². The van der Waals surface area contributed by atoms with E-state index in [4.69, 9.17) is 9.72 Å². The maximum absolute atomic E-state index is 6.39. The fraction of sp³-hybridized carbons (Fsp3) is 0.550. The Labute approximate surface area is 145 Å². The highest BCUT2D eigenvalue weighted by atomic mass is 16.5. The number of H-pyrrole nitrogens is 1. The number of nitrogens with zero attached hydrogens (tertiary/aromatic N) is 2. The molecule has 130 valence electrons. The van der Waals surface area contributed by atoms with Gasteiger partial charge in [0.1, 0.15) is 5.82 Å². The SMILES string of the molecule is CCc1nc(CN2C[C@@H](c3ccccc3)O[C@@H](C(C)C)C2)c(C)[nH]1. The van der Waals surface area contributed by atoms with Crippen LogP contribution in [-0.2, 0) is 17.7 Å². The molecular weight excluding hydrogens is 298 g/mol. The fourth-order valence-corrected chi connectivity index (χ4v) is 3.31. The normalized spacial score (nSPS) is 22.2. The lowest BCUT2D eigenvalue weighted by molar-refractivity contribution is -0.108. The third-order valence-electron chi connectivity index (χ3n) is 4.86. The second kappa shape index (κ2) is 7.49. The highest BCUT2D eigenvalue weighted by molar-refractivity contribution is 5.19. The highest BCUT2D eigenvalue weighted by Crippen LogP contribution is 2.29. The zero-order valence-corrected chi connectivity index (χ0v) is 15.2. The summed E-state index contributed by atoms with van der Waals surface area (Å²) in [6, 6.07) is 10.6. The number of rotatable bonds is 5. The van der Waals surface area contributed by atoms with Gasteiger partial charge in [-0.1, -0.05) is 51.1 Å². The first-order valence-corrected chi connectivity index (χ1v) is 9.04. The first-order valence-electron chi connectivity index (χ1n) is 9.04. The fourth-order valence-electron chi connectivity index (χ4n) is 3.31. The number of benzene rings is 1. The molecule has 1 fully saturated rings. The number of imidazole rings is 1. The minimum atomic E-state index is 0.136. The largest absolute Gasteiger partial charge is 0.367 e. The van der Waals surface area contributed by atoms with Gasteiger partial charge >= 0.3 is 0 Å². The van der Waals surface area contributed by atoms with Crippen LogP contribution >= 0.6 is 0 Å². The van der Waals surface area contributed by atoms with Gasteiger partial charge in [0.05, 0.1) is 17.9 Å². The second-order valence-electron chi connectivity index (χ2n) is 7.12. The van der Waals surface area contributed by atoms with Crippen LogP contribution in [0.3, 0.4) is 0 Å². The van der Waals surface area contributed by atoms with Gasteiger partial charge in [0.2, 0.25) is 0 Å². The van der Waals surface area contributed by atoms with Gasteiger partial charge in [-0.3, -0.25) is 4.90 Å². The molecule has 0 aliphatic carbocycles. The van der Waals surface area contributed by atoms with Crippen molar-refractivity contribution in [1.82, 2.24) is 14.9 Å². The molecule has 2 heterocycles. The maximum Gasteiger partial charge on any atom is 0.106 e. The lowest BCUT2D eigenvalue weighted by Gasteiger charge is -2.39. The molecule has 0 radical (unpaired) electrons. The van der Waals surface area contributed by atoms with Crippen LogP contribution < -0.4 is 0 Å². The van der Waals surface area contributed by atoms with Crippen LogP contribution in [0.2, 0.25) is 0 Å². The quantitative estimate of drug-likeness (QED) is 0.906. The van der Waals surface area contributed by atoms with Gasteiger partial charge < -0.3 is 9.72 Å². The van der Waals surface area contributed by atoms with Crippen LogP contribution in [0.4, 0.5) is 0 Å². The van der Waals surface area contributed by atoms with Crippen molar-refractivity contribution in [2.75, 3.05) is 13.1 Å². The molecule has 0 amide bonds. The molecule has 24 heavy (non-hydrogen) atoms. The van der Waals surface area contributed by atoms with Crippen molar-refractivity contribution in [1.29, 1.82) is 0 Å². The van der Waals surface area contributed by atoms with Crippen molar-refractivity contribution in [3.63, 3.8) is 0 Å². The third kappa shape index (κ3) is 3.87. The summed E-state index contributed by atoms with van der Waals surface area (Å²) in [4.78, 5) is 10.6. The van der Waals surface area contributed by atoms with Gasteiger partial charge in [-0.15, -0.1) is 0 Å². The Kier molecular flexibility index (Phi) is 5.36. The third-order valence-corrected chi connectivity index (χ3v) is 4.86. The zero-order chi connectivity index (χ0) is 17.1. The van der Waals surface area contributed by atoms with E-state index in [2.05, 4.69) is 67.9 Å². The number of ether oxygens (including phenoxy) is 1. The van der Waals surface area contributed by atoms with E-state index in [9.17, 15) is 0 Å². The van der Waals surface area contributed by atoms with Crippen LogP contribution in [0.1, 0.15) is 49.7 Å². The summed E-state index contributed by atoms with van der Waals surface area (Å²) in [6.07, 6.45) is 1.34. The monoisotopic (exact) mass is 327 g/mol. The minimum Gasteiger partial charge on any atom is -0.367 e. The number of hydrogen-bond donors (Lipinski definition) is 1. The Morgan fingerprint density at radius 3 is 2.62 bits per heavy atom. The van der Waals surface area contributed by atoms with E-state index in [1.54, 1.807) is 0 Å². The first kappa shape index (κ1) is 17.2. The summed E-state index contributed by atoms with van der Waals surface area (Å²) < 4.78 is 6.39. The van der Waals surface area contributed by atoms with Crippen LogP contribution in [0.25, 0.3) is 0 Å². The minimum absolute atomic E-state index is 0.136. The van der Waals surface area contributed by atoms with E-state index in [0.29, 0.717) is 5.92 Å². The summed E-state index contributed by atoms with van der Waals surface area (Å²) in [5, 5.41) is 0. The van der Waals surface area contributed by atoms with Crippen LogP contribution in [0, 0.1) is 12.8 Å². The van der Waals surface area contributed by atoms with E-state index < -0.39 is 0 Å². The molecule has 0 bridgehead atoms. The summed E-state index contributed by atoms with van der Waals surface area (Å²) in [6.45, 7) is 11.5. The number of nitrogens with one attached hydrogen (secondary N) is 1. The van der Waals surface area contributed by atoms with Crippen LogP contribution in [0.5, 0.6) is 0 Å². The molecule has 2 aromatic rings. The summed E-state index contributed by atoms with van der Waals surface area (Å²) in [5.74, 6) is 1.58. The Bertz CT molecular complexity index is 650. The molecule has 4 heteroatoms. The molecule has 1 aromatic carbocycles. The number of aromatic nitrogens is 2. The number of hydrogen-bond acceptors (Lipinski definition) is 3. The Morgan fingerprint density at radius 2 is 2.00 bits per heavy atom. The maximum atomic E-state index is 6.39. The van der Waals surface area contributed by atoms with Gasteiger partial charge in [0.15, 0.2) is 0 Å². The van der Waals surface area contributed by atoms with E-state index in [0.717, 1.165) is 31.9 Å². The molecule has 3 rings (SSSR count). The first-order chi connectivity index (χ1) is 11.6. The Balaban J connectivity index is 1.77. The van der Waals surface area contributed by atoms with Crippen molar-refractivity contribution in [3.05, 3.63) is 53.1 Å². The predicted octanol–water partition coefficient (Wildman–Crippen LogP) is 3.88. The number of morpholine rings is 1. The Morgan fingerprint density at radius 1 is 1.25 bits per heavy atom. The van der Waals surface area contributed by atoms with E-state index >= 15 is 0 Å². The molecule has 1 aliphatic rings. The topological polar surface area (TPSA) is 41.2 Å². The van der Waals surface area contributed by atoms with Crippen LogP contribution in [0.15, 0.2) is 30.3 Å². The zero-order valence-electron chi connectivity index (χ0n) is 15.2. The Hall–Kier alpha value is -1.65. The van der Waals surface area contributed by atoms with Gasteiger partial charge in [0, 0.05) is 31.7 Å². The molecule has 1 aromatic heterocycles. The van der Waals surface area contributed by atoms with Crippen molar-refractivity contribution in [3.8, 4) is 0 Å². The summed E-state index contributed by atoms with van der Waals surface area (Å²) in [5.41, 5.74) is 3.62. The summed E-state index contributed by atoms with van der Waals surface area (Å²) >= 11 is 0. The van der Waals surface area contributed by atoms with Gasteiger partial charge in [0.25, 0.3) is 0 Å². The number of aromatic amines is 1. The predicted molar refractivity (Wildman–Crippen MR) is 96.9 cm³/mol. The molecule has 1 aliphatic heterocycles. The van der Waals surface area contributed by atoms with Crippen molar-refractivity contribution in [2.24, 2.45) is 5.92 Å². The van der Waals surface area contributed by atoms with Gasteiger partial charge in [-0.2, -0.15) is 0 Å². The lowest BCUT2D eigenvalue weighted by atomic mass is 10.0. The van der Waals surface area contributed by atoms with E-state index in [1.165, 1.54) is 17.0 Å². The standard InChI is InChI=1S/C20H29N3O/c1-5-20-21-15(4)17(22-20)11-23-12-18(14(2)3)24-19(13-23)16-9-7-6-8-10-16/h6-10,14,18-19H,5,11-13H2,1-4H3,(H,21,22)/t18-,19+/m1/s1. The molecule has 2 atom stereocenters. The average molecular weight is 327 g/mol. The van der Waals surface area contributed by atoms with Crippen LogP contribution in [-0.4, -0.2) is 34.1 Å². The van der Waals surface area contributed by atoms with Crippen molar-refractivity contribution < 1.29 is 4.74 Å². The summed E-state index contributed by atoms with van der Waals surface area (Å²) in [7, 11) is 0. The van der Waals surface area contributed by atoms with E-state index in [1.807, 2.05) is 0 Å². The van der Waals surface area contributed by atoms with Gasteiger partial charge in [-0.25, -0.2) is 4.98 Å². The van der Waals surface area contributed by atoms with Crippen molar-refractivity contribution in [2.45, 2.75) is 52.9 Å². The molecule has 0 unspecified atom stereocenters. The molecule has 4 nitrogen and oxygen atoms in total. The molecule has 0 spiro atoms.